The number of rotatable bonds is 7. The summed E-state index contributed by atoms with van der Waals surface area (Å²) in [6.45, 7) is 11.9. The van der Waals surface area contributed by atoms with Gasteiger partial charge in [-0.05, 0) is 84.7 Å². The van der Waals surface area contributed by atoms with Crippen LogP contribution in [-0.2, 0) is 10.1 Å². The van der Waals surface area contributed by atoms with Gasteiger partial charge in [-0.3, -0.25) is 0 Å². The van der Waals surface area contributed by atoms with E-state index in [9.17, 15) is 5.11 Å². The van der Waals surface area contributed by atoms with Crippen molar-refractivity contribution in [3.63, 3.8) is 0 Å². The van der Waals surface area contributed by atoms with Crippen LogP contribution >= 0.6 is 0 Å². The predicted octanol–water partition coefficient (Wildman–Crippen LogP) is 7.21. The third kappa shape index (κ3) is 4.72. The minimum Gasteiger partial charge on any atom is -0.427 e. The quantitative estimate of drug-likeness (QED) is 0.270. The molecule has 37 heavy (non-hydrogen) atoms. The zero-order valence-electron chi connectivity index (χ0n) is 22.6. The smallest absolute Gasteiger partial charge is 0.333 e. The molecule has 4 aromatic carbocycles. The molecule has 0 fully saturated rings. The maximum absolute atomic E-state index is 10.6. The molecule has 5 rings (SSSR count). The molecule has 0 amide bonds. The molecule has 3 nitrogen and oxygen atoms in total. The second-order valence-corrected chi connectivity index (χ2v) is 11.5. The maximum atomic E-state index is 10.6. The van der Waals surface area contributed by atoms with Crippen LogP contribution in [0.1, 0.15) is 52.7 Å². The number of nitrogens with one attached hydrogen (secondary N) is 1. The standard InChI is InChI=1S/C33H35BNO2/c1-31(2)27-15-11-10-14-25(27)26-20-29(34-37-33(5,6)32(3,4)36)30(21-28(26)31)35-24-18-16-23(17-19-24)22-12-8-7-9-13-22/h7-21,35-36H,1-6H3. The van der Waals surface area contributed by atoms with Gasteiger partial charge in [-0.25, -0.2) is 0 Å². The third-order valence-electron chi connectivity index (χ3n) is 7.98. The molecule has 0 unspecified atom stereocenters. The van der Waals surface area contributed by atoms with E-state index in [0.717, 1.165) is 16.8 Å². The minimum atomic E-state index is -1.00. The van der Waals surface area contributed by atoms with Gasteiger partial charge in [-0.15, -0.1) is 0 Å². The SMILES string of the molecule is CC1(C)c2ccccc2-c2cc([B]OC(C)(C)C(C)(C)O)c(Nc3ccc(-c4ccccc4)cc3)cc21. The molecule has 0 saturated carbocycles. The van der Waals surface area contributed by atoms with Gasteiger partial charge in [0.2, 0.25) is 0 Å². The fourth-order valence-corrected chi connectivity index (χ4v) is 4.86. The second kappa shape index (κ2) is 9.20. The molecule has 0 aliphatic heterocycles. The Kier molecular flexibility index (Phi) is 6.30. The summed E-state index contributed by atoms with van der Waals surface area (Å²) in [5.74, 6) is 0. The van der Waals surface area contributed by atoms with E-state index < -0.39 is 11.2 Å². The molecule has 2 N–H and O–H groups in total. The molecule has 0 heterocycles. The molecule has 0 saturated heterocycles. The largest absolute Gasteiger partial charge is 0.427 e. The Morgan fingerprint density at radius 1 is 0.730 bits per heavy atom. The topological polar surface area (TPSA) is 41.5 Å². The van der Waals surface area contributed by atoms with E-state index in [1.165, 1.54) is 33.4 Å². The van der Waals surface area contributed by atoms with Crippen LogP contribution in [0, 0.1) is 0 Å². The van der Waals surface area contributed by atoms with Crippen molar-refractivity contribution in [3.8, 4) is 22.3 Å². The lowest BCUT2D eigenvalue weighted by atomic mass is 9.78. The highest BCUT2D eigenvalue weighted by Gasteiger charge is 2.38. The first-order valence-corrected chi connectivity index (χ1v) is 12.9. The molecule has 1 radical (unpaired) electrons. The van der Waals surface area contributed by atoms with E-state index in [-0.39, 0.29) is 5.41 Å². The molecule has 4 aromatic rings. The van der Waals surface area contributed by atoms with Gasteiger partial charge in [0, 0.05) is 16.8 Å². The number of anilines is 2. The summed E-state index contributed by atoms with van der Waals surface area (Å²) in [7, 11) is 1.78. The Balaban J connectivity index is 1.53. The second-order valence-electron chi connectivity index (χ2n) is 11.5. The average Bonchev–Trinajstić information content (AvgIpc) is 3.09. The fourth-order valence-electron chi connectivity index (χ4n) is 4.86. The third-order valence-corrected chi connectivity index (χ3v) is 7.98. The van der Waals surface area contributed by atoms with E-state index in [0.29, 0.717) is 0 Å². The van der Waals surface area contributed by atoms with Gasteiger partial charge in [-0.2, -0.15) is 0 Å². The van der Waals surface area contributed by atoms with Crippen molar-refractivity contribution in [1.82, 2.24) is 0 Å². The zero-order valence-corrected chi connectivity index (χ0v) is 22.6. The summed E-state index contributed by atoms with van der Waals surface area (Å²) in [5.41, 5.74) is 8.52. The zero-order chi connectivity index (χ0) is 26.4. The number of benzene rings is 4. The number of aliphatic hydroxyl groups is 1. The lowest BCUT2D eigenvalue weighted by molar-refractivity contribution is -0.0893. The van der Waals surface area contributed by atoms with Gasteiger partial charge in [0.15, 0.2) is 0 Å². The van der Waals surface area contributed by atoms with E-state index in [4.69, 9.17) is 4.65 Å². The van der Waals surface area contributed by atoms with Crippen LogP contribution in [0.5, 0.6) is 0 Å². The summed E-state index contributed by atoms with van der Waals surface area (Å²) in [6.07, 6.45) is 0. The van der Waals surface area contributed by atoms with Crippen LogP contribution in [0.25, 0.3) is 22.3 Å². The fraction of sp³-hybridized carbons (Fsp3) is 0.273. The molecular formula is C33H35BNO2. The highest BCUT2D eigenvalue weighted by atomic mass is 16.5. The van der Waals surface area contributed by atoms with Gasteiger partial charge in [0.1, 0.15) is 0 Å². The Bertz CT molecular complexity index is 1420. The van der Waals surface area contributed by atoms with Gasteiger partial charge in [0.05, 0.1) is 11.2 Å². The Morgan fingerprint density at radius 3 is 2.03 bits per heavy atom. The molecule has 0 spiro atoms. The summed E-state index contributed by atoms with van der Waals surface area (Å²) in [4.78, 5) is 0. The lowest BCUT2D eigenvalue weighted by Crippen LogP contribution is -2.49. The first-order valence-electron chi connectivity index (χ1n) is 12.9. The molecule has 0 atom stereocenters. The molecule has 0 bridgehead atoms. The van der Waals surface area contributed by atoms with E-state index in [1.807, 2.05) is 19.9 Å². The Morgan fingerprint density at radius 2 is 1.35 bits per heavy atom. The van der Waals surface area contributed by atoms with Crippen molar-refractivity contribution in [1.29, 1.82) is 0 Å². The van der Waals surface area contributed by atoms with Crippen molar-refractivity contribution in [2.45, 2.75) is 58.2 Å². The first kappa shape index (κ1) is 25.3. The molecular weight excluding hydrogens is 453 g/mol. The van der Waals surface area contributed by atoms with Crippen LogP contribution in [0.4, 0.5) is 11.4 Å². The highest BCUT2D eigenvalue weighted by Crippen LogP contribution is 2.49. The van der Waals surface area contributed by atoms with Crippen LogP contribution in [0.2, 0.25) is 0 Å². The van der Waals surface area contributed by atoms with E-state index in [1.54, 1.807) is 21.3 Å². The predicted molar refractivity (Wildman–Crippen MR) is 156 cm³/mol. The summed E-state index contributed by atoms with van der Waals surface area (Å²) in [6, 6.07) is 32.0. The first-order chi connectivity index (χ1) is 17.5. The summed E-state index contributed by atoms with van der Waals surface area (Å²) < 4.78 is 6.22. The number of hydrogen-bond donors (Lipinski definition) is 2. The van der Waals surface area contributed by atoms with Gasteiger partial charge in [0.25, 0.3) is 0 Å². The molecule has 0 aromatic heterocycles. The Hall–Kier alpha value is -3.34. The van der Waals surface area contributed by atoms with Crippen LogP contribution in [0.3, 0.4) is 0 Å². The Labute approximate surface area is 221 Å². The van der Waals surface area contributed by atoms with E-state index >= 15 is 0 Å². The molecule has 4 heteroatoms. The lowest BCUT2D eigenvalue weighted by Gasteiger charge is -2.37. The van der Waals surface area contributed by atoms with Crippen molar-refractivity contribution < 1.29 is 9.76 Å². The number of hydrogen-bond acceptors (Lipinski definition) is 3. The van der Waals surface area contributed by atoms with Crippen molar-refractivity contribution in [3.05, 3.63) is 102 Å². The normalized spacial score (nSPS) is 14.1. The summed E-state index contributed by atoms with van der Waals surface area (Å²) >= 11 is 0. The maximum Gasteiger partial charge on any atom is 0.333 e. The van der Waals surface area contributed by atoms with Crippen LogP contribution in [-0.4, -0.2) is 23.8 Å². The highest BCUT2D eigenvalue weighted by molar-refractivity contribution is 6.50. The summed E-state index contributed by atoms with van der Waals surface area (Å²) in [5, 5.41) is 14.3. The average molecular weight is 488 g/mol. The van der Waals surface area contributed by atoms with Gasteiger partial charge >= 0.3 is 7.48 Å². The van der Waals surface area contributed by atoms with Gasteiger partial charge < -0.3 is 15.1 Å². The minimum absolute atomic E-state index is 0.106. The van der Waals surface area contributed by atoms with Crippen LogP contribution < -0.4 is 10.8 Å². The van der Waals surface area contributed by atoms with Crippen molar-refractivity contribution in [2.75, 3.05) is 5.32 Å². The van der Waals surface area contributed by atoms with Crippen molar-refractivity contribution in [2.24, 2.45) is 0 Å². The van der Waals surface area contributed by atoms with Crippen LogP contribution in [0.15, 0.2) is 91.0 Å². The van der Waals surface area contributed by atoms with Gasteiger partial charge in [-0.1, -0.05) is 86.6 Å². The number of fused-ring (bicyclic) bond motifs is 3. The molecule has 1 aliphatic rings. The van der Waals surface area contributed by atoms with E-state index in [2.05, 4.69) is 104 Å². The monoisotopic (exact) mass is 488 g/mol. The molecule has 187 valence electrons. The molecule has 1 aliphatic carbocycles. The van der Waals surface area contributed by atoms with Crippen molar-refractivity contribution >= 4 is 24.3 Å².